The molecule has 1 unspecified atom stereocenters. The van der Waals surface area contributed by atoms with Crippen LogP contribution in [0.5, 0.6) is 0 Å². The van der Waals surface area contributed by atoms with Gasteiger partial charge in [0.2, 0.25) is 0 Å². The van der Waals surface area contributed by atoms with Crippen molar-refractivity contribution in [2.24, 2.45) is 7.05 Å². The minimum atomic E-state index is -1.52. The summed E-state index contributed by atoms with van der Waals surface area (Å²) in [4.78, 5) is 11.4. The molecular formula is C34H32Cl2N6O2. The minimum Gasteiger partial charge on any atom is -0.383 e. The molecule has 0 aliphatic carbocycles. The van der Waals surface area contributed by atoms with E-state index in [9.17, 15) is 5.11 Å². The highest BCUT2D eigenvalue weighted by atomic mass is 35.5. The van der Waals surface area contributed by atoms with Gasteiger partial charge in [0.05, 0.1) is 41.1 Å². The lowest BCUT2D eigenvalue weighted by molar-refractivity contribution is 0.117. The molecule has 3 aromatic heterocycles. The van der Waals surface area contributed by atoms with Crippen LogP contribution >= 0.6 is 23.2 Å². The van der Waals surface area contributed by atoms with Crippen molar-refractivity contribution >= 4 is 39.9 Å². The molecule has 10 heteroatoms. The van der Waals surface area contributed by atoms with Crippen LogP contribution < -0.4 is 4.90 Å². The number of methoxy groups -OCH3 is 1. The second kappa shape index (κ2) is 12.4. The number of pyridine rings is 1. The SMILES string of the molecule is COCCN(C)c1nc2ccc(C(O)(c3ccc(Cl)cc3)c3cncn3C)cc2c(Cl)c1Cc1ccc(-n2cccn2)cc1. The van der Waals surface area contributed by atoms with Crippen LogP contribution in [0.3, 0.4) is 0 Å². The average Bonchev–Trinajstić information content (AvgIpc) is 3.74. The van der Waals surface area contributed by atoms with Gasteiger partial charge in [0, 0.05) is 62.5 Å². The van der Waals surface area contributed by atoms with Gasteiger partial charge in [-0.1, -0.05) is 53.5 Å². The van der Waals surface area contributed by atoms with Crippen molar-refractivity contribution in [2.45, 2.75) is 12.0 Å². The first-order valence-electron chi connectivity index (χ1n) is 14.2. The number of anilines is 1. The first kappa shape index (κ1) is 29.8. The van der Waals surface area contributed by atoms with Crippen LogP contribution in [0.1, 0.15) is 27.9 Å². The van der Waals surface area contributed by atoms with E-state index in [4.69, 9.17) is 32.9 Å². The number of nitrogens with zero attached hydrogens (tertiary/aromatic N) is 6. The number of imidazole rings is 1. The number of aliphatic hydroxyl groups is 1. The zero-order chi connectivity index (χ0) is 30.8. The van der Waals surface area contributed by atoms with E-state index in [1.165, 1.54) is 0 Å². The second-order valence-corrected chi connectivity index (χ2v) is 11.6. The summed E-state index contributed by atoms with van der Waals surface area (Å²) in [6.45, 7) is 1.19. The maximum atomic E-state index is 12.5. The van der Waals surface area contributed by atoms with Crippen molar-refractivity contribution < 1.29 is 9.84 Å². The van der Waals surface area contributed by atoms with Gasteiger partial charge in [-0.25, -0.2) is 14.6 Å². The summed E-state index contributed by atoms with van der Waals surface area (Å²) < 4.78 is 8.99. The number of fused-ring (bicyclic) bond motifs is 1. The summed E-state index contributed by atoms with van der Waals surface area (Å²) in [7, 11) is 5.53. The number of benzene rings is 3. The number of rotatable bonds is 10. The molecule has 0 fully saturated rings. The van der Waals surface area contributed by atoms with Gasteiger partial charge in [0.25, 0.3) is 0 Å². The minimum absolute atomic E-state index is 0.545. The van der Waals surface area contributed by atoms with Crippen LogP contribution in [0.25, 0.3) is 16.6 Å². The monoisotopic (exact) mass is 626 g/mol. The molecule has 1 N–H and O–H groups in total. The molecule has 6 rings (SSSR count). The maximum Gasteiger partial charge on any atom is 0.156 e. The zero-order valence-electron chi connectivity index (χ0n) is 24.7. The van der Waals surface area contributed by atoms with E-state index >= 15 is 0 Å². The molecular weight excluding hydrogens is 595 g/mol. The molecule has 6 aromatic rings. The molecule has 224 valence electrons. The van der Waals surface area contributed by atoms with E-state index < -0.39 is 5.60 Å². The van der Waals surface area contributed by atoms with Gasteiger partial charge in [-0.2, -0.15) is 5.10 Å². The van der Waals surface area contributed by atoms with Gasteiger partial charge < -0.3 is 19.3 Å². The Labute approximate surface area is 266 Å². The lowest BCUT2D eigenvalue weighted by atomic mass is 9.83. The molecule has 0 bridgehead atoms. The standard InChI is InChI=1S/C34H32Cl2N6O2/c1-40(17-18-44-3)33-29(19-23-5-12-27(13-6-23)42-16-4-15-38-42)32(36)28-20-25(9-14-30(28)39-33)34(43,31-21-37-22-41(31)2)24-7-10-26(35)11-8-24/h4-16,20-22,43H,17-19H2,1-3H3. The van der Waals surface area contributed by atoms with Crippen molar-refractivity contribution in [1.29, 1.82) is 0 Å². The summed E-state index contributed by atoms with van der Waals surface area (Å²) in [5, 5.41) is 18.7. The average molecular weight is 628 g/mol. The molecule has 8 nitrogen and oxygen atoms in total. The number of hydrogen-bond acceptors (Lipinski definition) is 6. The molecule has 0 amide bonds. The Balaban J connectivity index is 1.49. The Morgan fingerprint density at radius 3 is 2.41 bits per heavy atom. The van der Waals surface area contributed by atoms with E-state index in [2.05, 4.69) is 27.1 Å². The normalized spacial score (nSPS) is 12.9. The molecule has 0 spiro atoms. The quantitative estimate of drug-likeness (QED) is 0.189. The summed E-state index contributed by atoms with van der Waals surface area (Å²) in [6, 6.07) is 23.0. The third kappa shape index (κ3) is 5.57. The van der Waals surface area contributed by atoms with Crippen LogP contribution in [-0.4, -0.2) is 56.7 Å². The number of aryl methyl sites for hydroxylation is 1. The lowest BCUT2D eigenvalue weighted by Gasteiger charge is -2.30. The van der Waals surface area contributed by atoms with Crippen molar-refractivity contribution in [3.05, 3.63) is 136 Å². The van der Waals surface area contributed by atoms with E-state index in [-0.39, 0.29) is 0 Å². The van der Waals surface area contributed by atoms with Crippen molar-refractivity contribution in [3.63, 3.8) is 0 Å². The summed E-state index contributed by atoms with van der Waals surface area (Å²) >= 11 is 13.5. The van der Waals surface area contributed by atoms with Crippen LogP contribution in [0.2, 0.25) is 10.0 Å². The predicted octanol–water partition coefficient (Wildman–Crippen LogP) is 6.42. The molecule has 0 aliphatic rings. The maximum absolute atomic E-state index is 12.5. The lowest BCUT2D eigenvalue weighted by Crippen LogP contribution is -2.31. The molecule has 3 aromatic carbocycles. The molecule has 44 heavy (non-hydrogen) atoms. The van der Waals surface area contributed by atoms with E-state index in [0.29, 0.717) is 46.4 Å². The fourth-order valence-electron chi connectivity index (χ4n) is 5.53. The van der Waals surface area contributed by atoms with Gasteiger partial charge in [-0.15, -0.1) is 0 Å². The van der Waals surface area contributed by atoms with Crippen LogP contribution in [0.15, 0.2) is 97.7 Å². The first-order valence-corrected chi connectivity index (χ1v) is 14.9. The van der Waals surface area contributed by atoms with Crippen molar-refractivity contribution in [3.8, 4) is 5.69 Å². The highest BCUT2D eigenvalue weighted by Crippen LogP contribution is 2.41. The summed E-state index contributed by atoms with van der Waals surface area (Å²) in [6.07, 6.45) is 7.57. The topological polar surface area (TPSA) is 81.2 Å². The van der Waals surface area contributed by atoms with Gasteiger partial charge in [-0.05, 0) is 59.2 Å². The summed E-state index contributed by atoms with van der Waals surface area (Å²) in [5.74, 6) is 0.781. The Kier molecular flexibility index (Phi) is 8.42. The fraction of sp³-hybridized carbons (Fsp3) is 0.206. The van der Waals surface area contributed by atoms with Gasteiger partial charge in [-0.3, -0.25) is 0 Å². The fourth-order valence-corrected chi connectivity index (χ4v) is 5.96. The third-order valence-electron chi connectivity index (χ3n) is 7.94. The Bertz CT molecular complexity index is 1890. The predicted molar refractivity (Wildman–Crippen MR) is 175 cm³/mol. The molecule has 0 aliphatic heterocycles. The zero-order valence-corrected chi connectivity index (χ0v) is 26.2. The smallest absolute Gasteiger partial charge is 0.156 e. The van der Waals surface area contributed by atoms with E-state index in [0.717, 1.165) is 33.5 Å². The molecule has 0 saturated heterocycles. The van der Waals surface area contributed by atoms with Crippen LogP contribution in [0.4, 0.5) is 5.82 Å². The highest BCUT2D eigenvalue weighted by molar-refractivity contribution is 6.36. The largest absolute Gasteiger partial charge is 0.383 e. The molecule has 1 atom stereocenters. The molecule has 0 saturated carbocycles. The second-order valence-electron chi connectivity index (χ2n) is 10.8. The van der Waals surface area contributed by atoms with Crippen LogP contribution in [-0.2, 0) is 23.8 Å². The van der Waals surface area contributed by atoms with Gasteiger partial charge in [0.1, 0.15) is 5.82 Å². The number of hydrogen-bond donors (Lipinski definition) is 1. The Hall–Kier alpha value is -4.21. The highest BCUT2D eigenvalue weighted by Gasteiger charge is 2.37. The molecule has 0 radical (unpaired) electrons. The van der Waals surface area contributed by atoms with Gasteiger partial charge >= 0.3 is 0 Å². The van der Waals surface area contributed by atoms with E-state index in [1.54, 1.807) is 38.0 Å². The number of halogens is 2. The number of likely N-dealkylation sites (N-methyl/N-ethyl adjacent to an activating group) is 1. The third-order valence-corrected chi connectivity index (χ3v) is 8.62. The van der Waals surface area contributed by atoms with Crippen molar-refractivity contribution in [2.75, 3.05) is 32.2 Å². The number of ether oxygens (including phenoxy) is 1. The number of aromatic nitrogens is 5. The first-order chi connectivity index (χ1) is 21.3. The van der Waals surface area contributed by atoms with Crippen LogP contribution in [0, 0.1) is 0 Å². The van der Waals surface area contributed by atoms with Gasteiger partial charge in [0.15, 0.2) is 5.60 Å². The Morgan fingerprint density at radius 1 is 1.00 bits per heavy atom. The molecule has 3 heterocycles. The summed E-state index contributed by atoms with van der Waals surface area (Å²) in [5.41, 5.74) is 4.03. The Morgan fingerprint density at radius 2 is 1.75 bits per heavy atom. The van der Waals surface area contributed by atoms with E-state index in [1.807, 2.05) is 78.1 Å². The van der Waals surface area contributed by atoms with Crippen molar-refractivity contribution in [1.82, 2.24) is 24.3 Å².